The van der Waals surface area contributed by atoms with E-state index in [-0.39, 0.29) is 5.41 Å². The molecule has 0 fully saturated rings. The van der Waals surface area contributed by atoms with E-state index in [1.807, 2.05) is 13.8 Å². The fourth-order valence-electron chi connectivity index (χ4n) is 1.54. The smallest absolute Gasteiger partial charge is 0.0683 e. The highest BCUT2D eigenvalue weighted by Gasteiger charge is 2.17. The standard InChI is InChI=1S/C13H17ClN2OS/c1-13(2,9-15)6-3-7-18(17)12-5-4-10(14)8-11(12)16/h4-5,8H,3,6-7,16H2,1-2H3. The summed E-state index contributed by atoms with van der Waals surface area (Å²) in [5.74, 6) is 0.511. The summed E-state index contributed by atoms with van der Waals surface area (Å²) in [6.45, 7) is 3.76. The number of nitriles is 1. The van der Waals surface area contributed by atoms with Crippen molar-refractivity contribution in [2.24, 2.45) is 5.41 Å². The van der Waals surface area contributed by atoms with E-state index < -0.39 is 10.8 Å². The minimum absolute atomic E-state index is 0.365. The van der Waals surface area contributed by atoms with Crippen LogP contribution in [0.5, 0.6) is 0 Å². The van der Waals surface area contributed by atoms with Crippen molar-refractivity contribution in [1.29, 1.82) is 5.26 Å². The summed E-state index contributed by atoms with van der Waals surface area (Å²) in [4.78, 5) is 0.620. The predicted molar refractivity (Wildman–Crippen MR) is 75.8 cm³/mol. The Balaban J connectivity index is 2.59. The van der Waals surface area contributed by atoms with Crippen LogP contribution in [-0.2, 0) is 10.8 Å². The number of nitrogens with zero attached hydrogens (tertiary/aromatic N) is 1. The van der Waals surface area contributed by atoms with E-state index in [0.717, 1.165) is 12.8 Å². The van der Waals surface area contributed by atoms with Gasteiger partial charge in [-0.15, -0.1) is 0 Å². The fourth-order valence-corrected chi connectivity index (χ4v) is 2.89. The molecule has 18 heavy (non-hydrogen) atoms. The van der Waals surface area contributed by atoms with E-state index in [9.17, 15) is 4.21 Å². The lowest BCUT2D eigenvalue weighted by Crippen LogP contribution is -2.10. The molecule has 0 aromatic heterocycles. The van der Waals surface area contributed by atoms with Crippen LogP contribution in [0.1, 0.15) is 26.7 Å². The van der Waals surface area contributed by atoms with Crippen LogP contribution in [0.4, 0.5) is 5.69 Å². The minimum atomic E-state index is -1.13. The maximum absolute atomic E-state index is 12.1. The Hall–Kier alpha value is -1.05. The highest BCUT2D eigenvalue weighted by molar-refractivity contribution is 7.85. The molecule has 0 aliphatic carbocycles. The third kappa shape index (κ3) is 4.32. The van der Waals surface area contributed by atoms with Gasteiger partial charge in [0.1, 0.15) is 0 Å². The van der Waals surface area contributed by atoms with Gasteiger partial charge < -0.3 is 5.73 Å². The fraction of sp³-hybridized carbons (Fsp3) is 0.462. The largest absolute Gasteiger partial charge is 0.398 e. The minimum Gasteiger partial charge on any atom is -0.398 e. The van der Waals surface area contributed by atoms with Crippen LogP contribution in [0.3, 0.4) is 0 Å². The van der Waals surface area contributed by atoms with E-state index in [1.165, 1.54) is 0 Å². The molecule has 1 unspecified atom stereocenters. The van der Waals surface area contributed by atoms with Gasteiger partial charge in [0, 0.05) is 16.5 Å². The first kappa shape index (κ1) is 15.0. The zero-order chi connectivity index (χ0) is 13.8. The lowest BCUT2D eigenvalue weighted by Gasteiger charge is -2.14. The van der Waals surface area contributed by atoms with E-state index in [0.29, 0.717) is 21.4 Å². The van der Waals surface area contributed by atoms with Crippen molar-refractivity contribution in [3.05, 3.63) is 23.2 Å². The number of anilines is 1. The summed E-state index contributed by atoms with van der Waals surface area (Å²) in [5.41, 5.74) is 5.87. The van der Waals surface area contributed by atoms with E-state index in [2.05, 4.69) is 6.07 Å². The molecular formula is C13H17ClN2OS. The maximum atomic E-state index is 12.1. The topological polar surface area (TPSA) is 66.9 Å². The Kier molecular flexibility index (Phi) is 5.18. The molecular weight excluding hydrogens is 268 g/mol. The normalized spacial score (nSPS) is 13.0. The molecule has 0 aliphatic heterocycles. The molecule has 0 amide bonds. The van der Waals surface area contributed by atoms with Crippen molar-refractivity contribution in [3.63, 3.8) is 0 Å². The van der Waals surface area contributed by atoms with Gasteiger partial charge >= 0.3 is 0 Å². The second-order valence-corrected chi connectivity index (χ2v) is 6.81. The van der Waals surface area contributed by atoms with Crippen molar-refractivity contribution in [1.82, 2.24) is 0 Å². The third-order valence-electron chi connectivity index (χ3n) is 2.65. The lowest BCUT2D eigenvalue weighted by molar-refractivity contribution is 0.447. The first-order valence-electron chi connectivity index (χ1n) is 5.70. The third-order valence-corrected chi connectivity index (χ3v) is 4.41. The summed E-state index contributed by atoms with van der Waals surface area (Å²) >= 11 is 5.79. The van der Waals surface area contributed by atoms with Crippen LogP contribution >= 0.6 is 11.6 Å². The molecule has 1 atom stereocenters. The Morgan fingerprint density at radius 1 is 1.50 bits per heavy atom. The lowest BCUT2D eigenvalue weighted by atomic mass is 9.90. The molecule has 1 aromatic carbocycles. The maximum Gasteiger partial charge on any atom is 0.0683 e. The van der Waals surface area contributed by atoms with E-state index in [1.54, 1.807) is 18.2 Å². The van der Waals surface area contributed by atoms with E-state index >= 15 is 0 Å². The van der Waals surface area contributed by atoms with Gasteiger partial charge in [-0.2, -0.15) is 5.26 Å². The number of nitrogen functional groups attached to an aromatic ring is 1. The van der Waals surface area contributed by atoms with Crippen molar-refractivity contribution in [2.75, 3.05) is 11.5 Å². The van der Waals surface area contributed by atoms with Gasteiger partial charge in [-0.05, 0) is 44.9 Å². The number of nitrogens with two attached hydrogens (primary N) is 1. The second kappa shape index (κ2) is 6.21. The number of hydrogen-bond donors (Lipinski definition) is 1. The van der Waals surface area contributed by atoms with Gasteiger partial charge in [0.2, 0.25) is 0 Å². The predicted octanol–water partition coefficient (Wildman–Crippen LogP) is 3.36. The van der Waals surface area contributed by atoms with Gasteiger partial charge in [-0.3, -0.25) is 4.21 Å². The van der Waals surface area contributed by atoms with Crippen LogP contribution in [-0.4, -0.2) is 9.96 Å². The van der Waals surface area contributed by atoms with Gasteiger partial charge in [0.05, 0.1) is 27.2 Å². The summed E-state index contributed by atoms with van der Waals surface area (Å²) in [6.07, 6.45) is 1.46. The molecule has 2 N–H and O–H groups in total. The van der Waals surface area contributed by atoms with Crippen LogP contribution < -0.4 is 5.73 Å². The molecule has 0 aliphatic rings. The van der Waals surface area contributed by atoms with Crippen molar-refractivity contribution < 1.29 is 4.21 Å². The highest BCUT2D eigenvalue weighted by Crippen LogP contribution is 2.24. The summed E-state index contributed by atoms with van der Waals surface area (Å²) in [6, 6.07) is 7.22. The summed E-state index contributed by atoms with van der Waals surface area (Å²) in [7, 11) is -1.13. The number of benzene rings is 1. The SMILES string of the molecule is CC(C)(C#N)CCCS(=O)c1ccc(Cl)cc1N. The van der Waals surface area contributed by atoms with Crippen molar-refractivity contribution >= 4 is 28.1 Å². The Labute approximate surface area is 115 Å². The van der Waals surface area contributed by atoms with Crippen LogP contribution in [0.15, 0.2) is 23.1 Å². The van der Waals surface area contributed by atoms with Gasteiger partial charge in [0.15, 0.2) is 0 Å². The van der Waals surface area contributed by atoms with Crippen molar-refractivity contribution in [3.8, 4) is 6.07 Å². The number of rotatable bonds is 5. The molecule has 1 rings (SSSR count). The molecule has 5 heteroatoms. The zero-order valence-corrected chi connectivity index (χ0v) is 12.1. The molecule has 3 nitrogen and oxygen atoms in total. The van der Waals surface area contributed by atoms with Crippen LogP contribution in [0.2, 0.25) is 5.02 Å². The molecule has 98 valence electrons. The average Bonchev–Trinajstić information content (AvgIpc) is 2.28. The number of halogens is 1. The van der Waals surface area contributed by atoms with E-state index in [4.69, 9.17) is 22.6 Å². The summed E-state index contributed by atoms with van der Waals surface area (Å²) in [5, 5.41) is 9.43. The molecule has 1 aromatic rings. The summed E-state index contributed by atoms with van der Waals surface area (Å²) < 4.78 is 12.1. The first-order valence-corrected chi connectivity index (χ1v) is 7.40. The quantitative estimate of drug-likeness (QED) is 0.843. The average molecular weight is 285 g/mol. The van der Waals surface area contributed by atoms with Gasteiger partial charge in [0.25, 0.3) is 0 Å². The van der Waals surface area contributed by atoms with Gasteiger partial charge in [-0.1, -0.05) is 11.6 Å². The second-order valence-electron chi connectivity index (χ2n) is 4.83. The zero-order valence-electron chi connectivity index (χ0n) is 10.6. The van der Waals surface area contributed by atoms with Crippen LogP contribution in [0, 0.1) is 16.7 Å². The van der Waals surface area contributed by atoms with Crippen molar-refractivity contribution in [2.45, 2.75) is 31.6 Å². The molecule has 0 saturated carbocycles. The Bertz CT molecular complexity index is 494. The van der Waals surface area contributed by atoms with Crippen LogP contribution in [0.25, 0.3) is 0 Å². The number of hydrogen-bond acceptors (Lipinski definition) is 3. The van der Waals surface area contributed by atoms with Gasteiger partial charge in [-0.25, -0.2) is 0 Å². The molecule has 0 bridgehead atoms. The Morgan fingerprint density at radius 2 is 2.17 bits per heavy atom. The molecule has 0 saturated heterocycles. The molecule has 0 radical (unpaired) electrons. The Morgan fingerprint density at radius 3 is 2.72 bits per heavy atom. The highest BCUT2D eigenvalue weighted by atomic mass is 35.5. The molecule has 0 spiro atoms. The first-order chi connectivity index (χ1) is 8.35. The monoisotopic (exact) mass is 284 g/mol. The molecule has 0 heterocycles.